The third-order valence-corrected chi connectivity index (χ3v) is 4.02. The molecule has 0 saturated carbocycles. The molecule has 1 N–H and O–H groups in total. The van der Waals surface area contributed by atoms with E-state index in [1.165, 1.54) is 0 Å². The van der Waals surface area contributed by atoms with Crippen molar-refractivity contribution in [1.29, 1.82) is 0 Å². The normalized spacial score (nSPS) is 20.9. The Morgan fingerprint density at radius 2 is 2.05 bits per heavy atom. The minimum Gasteiger partial charge on any atom is -0.365 e. The smallest absolute Gasteiger partial charge is 0.276 e. The van der Waals surface area contributed by atoms with Gasteiger partial charge in [0.25, 0.3) is 5.91 Å². The molecule has 2 heterocycles. The summed E-state index contributed by atoms with van der Waals surface area (Å²) in [7, 11) is 0. The summed E-state index contributed by atoms with van der Waals surface area (Å²) in [5.74, 6) is -0.350. The second-order valence-electron chi connectivity index (χ2n) is 5.19. The number of carbonyl (C=O) groups is 1. The van der Waals surface area contributed by atoms with Crippen molar-refractivity contribution in [2.45, 2.75) is 19.1 Å². The van der Waals surface area contributed by atoms with E-state index in [0.717, 1.165) is 9.48 Å². The Kier molecular flexibility index (Phi) is 3.80. The van der Waals surface area contributed by atoms with E-state index in [0.29, 0.717) is 16.8 Å². The molecular formula is C16H14BrN3O2. The van der Waals surface area contributed by atoms with Gasteiger partial charge in [0, 0.05) is 40.1 Å². The first-order valence-corrected chi connectivity index (χ1v) is 7.57. The summed E-state index contributed by atoms with van der Waals surface area (Å²) in [6.45, 7) is 1.79. The maximum atomic E-state index is 12.8. The van der Waals surface area contributed by atoms with Gasteiger partial charge in [0.15, 0.2) is 5.72 Å². The summed E-state index contributed by atoms with van der Waals surface area (Å²) in [5.41, 5.74) is 0.265. The van der Waals surface area contributed by atoms with Crippen LogP contribution in [0.2, 0.25) is 0 Å². The number of pyridine rings is 1. The molecule has 22 heavy (non-hydrogen) atoms. The maximum absolute atomic E-state index is 12.8. The highest BCUT2D eigenvalue weighted by Gasteiger charge is 2.45. The highest BCUT2D eigenvalue weighted by atomic mass is 79.9. The highest BCUT2D eigenvalue weighted by molar-refractivity contribution is 9.10. The second kappa shape index (κ2) is 5.62. The monoisotopic (exact) mass is 359 g/mol. The first-order chi connectivity index (χ1) is 10.5. The van der Waals surface area contributed by atoms with Crippen LogP contribution in [0.25, 0.3) is 0 Å². The summed E-state index contributed by atoms with van der Waals surface area (Å²) in [6.07, 6.45) is 3.45. The molecule has 1 atom stereocenters. The SMILES string of the molecule is CC1=NN(C(=O)c2cccc(Br)c2)[C@@](O)(c2ccncc2)C1. The molecule has 1 aromatic heterocycles. The minimum absolute atomic E-state index is 0.275. The molecule has 1 amide bonds. The van der Waals surface area contributed by atoms with Crippen LogP contribution in [-0.4, -0.2) is 26.7 Å². The lowest BCUT2D eigenvalue weighted by Crippen LogP contribution is -2.43. The molecule has 0 spiro atoms. The van der Waals surface area contributed by atoms with Crippen molar-refractivity contribution in [2.24, 2.45) is 5.10 Å². The molecule has 1 aliphatic rings. The number of carbonyl (C=O) groups excluding carboxylic acids is 1. The van der Waals surface area contributed by atoms with Crippen molar-refractivity contribution < 1.29 is 9.90 Å². The number of amides is 1. The number of rotatable bonds is 2. The molecule has 0 radical (unpaired) electrons. The number of aliphatic hydroxyl groups is 1. The summed E-state index contributed by atoms with van der Waals surface area (Å²) < 4.78 is 0.797. The largest absolute Gasteiger partial charge is 0.365 e. The van der Waals surface area contributed by atoms with Gasteiger partial charge < -0.3 is 5.11 Å². The van der Waals surface area contributed by atoms with E-state index in [4.69, 9.17) is 0 Å². The van der Waals surface area contributed by atoms with Crippen molar-refractivity contribution in [3.05, 3.63) is 64.4 Å². The lowest BCUT2D eigenvalue weighted by Gasteiger charge is -2.31. The standard InChI is InChI=1S/C16H14BrN3O2/c1-11-10-16(22,13-5-7-18-8-6-13)20(19-11)15(21)12-3-2-4-14(17)9-12/h2-9,22H,10H2,1H3/t16-/m0/s1. The number of hydrazone groups is 1. The van der Waals surface area contributed by atoms with Crippen LogP contribution in [0.15, 0.2) is 58.4 Å². The fourth-order valence-corrected chi connectivity index (χ4v) is 2.92. The molecule has 0 bridgehead atoms. The quantitative estimate of drug-likeness (QED) is 0.896. The predicted octanol–water partition coefficient (Wildman–Crippen LogP) is 2.91. The predicted molar refractivity (Wildman–Crippen MR) is 86.2 cm³/mol. The van der Waals surface area contributed by atoms with Crippen molar-refractivity contribution in [3.63, 3.8) is 0 Å². The number of benzene rings is 1. The summed E-state index contributed by atoms with van der Waals surface area (Å²) >= 11 is 3.35. The van der Waals surface area contributed by atoms with E-state index in [2.05, 4.69) is 26.0 Å². The summed E-state index contributed by atoms with van der Waals surface area (Å²) in [6, 6.07) is 10.4. The molecule has 1 aliphatic heterocycles. The number of hydrogen-bond acceptors (Lipinski definition) is 4. The first kappa shape index (κ1) is 14.9. The van der Waals surface area contributed by atoms with Crippen LogP contribution in [-0.2, 0) is 5.72 Å². The molecule has 0 aliphatic carbocycles. The lowest BCUT2D eigenvalue weighted by molar-refractivity contribution is -0.0765. The highest BCUT2D eigenvalue weighted by Crippen LogP contribution is 2.36. The van der Waals surface area contributed by atoms with E-state index < -0.39 is 5.72 Å². The fourth-order valence-electron chi connectivity index (χ4n) is 2.52. The molecule has 2 aromatic rings. The molecule has 0 unspecified atom stereocenters. The zero-order chi connectivity index (χ0) is 15.7. The Hall–Kier alpha value is -2.05. The van der Waals surface area contributed by atoms with Gasteiger partial charge in [0.2, 0.25) is 0 Å². The van der Waals surface area contributed by atoms with Gasteiger partial charge in [0.05, 0.1) is 0 Å². The van der Waals surface area contributed by atoms with Gasteiger partial charge in [-0.05, 0) is 37.3 Å². The molecule has 112 valence electrons. The van der Waals surface area contributed by atoms with Gasteiger partial charge in [-0.15, -0.1) is 0 Å². The van der Waals surface area contributed by atoms with Crippen LogP contribution in [0.3, 0.4) is 0 Å². The van der Waals surface area contributed by atoms with Crippen LogP contribution in [0, 0.1) is 0 Å². The molecular weight excluding hydrogens is 346 g/mol. The number of halogens is 1. The van der Waals surface area contributed by atoms with Crippen LogP contribution < -0.4 is 0 Å². The Morgan fingerprint density at radius 3 is 2.73 bits per heavy atom. The fraction of sp³-hybridized carbons (Fsp3) is 0.188. The summed E-state index contributed by atoms with van der Waals surface area (Å²) in [4.78, 5) is 16.7. The van der Waals surface area contributed by atoms with Gasteiger partial charge in [0.1, 0.15) is 0 Å². The Bertz CT molecular complexity index is 748. The minimum atomic E-state index is -1.48. The molecule has 0 fully saturated rings. The van der Waals surface area contributed by atoms with Gasteiger partial charge >= 0.3 is 0 Å². The van der Waals surface area contributed by atoms with Crippen molar-refractivity contribution in [2.75, 3.05) is 0 Å². The van der Waals surface area contributed by atoms with Crippen LogP contribution in [0.1, 0.15) is 29.3 Å². The molecule has 6 heteroatoms. The molecule has 5 nitrogen and oxygen atoms in total. The number of aromatic nitrogens is 1. The van der Waals surface area contributed by atoms with Gasteiger partial charge in [-0.25, -0.2) is 0 Å². The van der Waals surface area contributed by atoms with Crippen LogP contribution in [0.5, 0.6) is 0 Å². The molecule has 3 rings (SSSR count). The molecule has 0 saturated heterocycles. The van der Waals surface area contributed by atoms with Crippen LogP contribution in [0.4, 0.5) is 0 Å². The first-order valence-electron chi connectivity index (χ1n) is 6.78. The van der Waals surface area contributed by atoms with E-state index in [1.54, 1.807) is 49.6 Å². The van der Waals surface area contributed by atoms with Gasteiger partial charge in [-0.3, -0.25) is 9.78 Å². The number of nitrogens with zero attached hydrogens (tertiary/aromatic N) is 3. The van der Waals surface area contributed by atoms with Gasteiger partial charge in [-0.2, -0.15) is 10.1 Å². The zero-order valence-corrected chi connectivity index (χ0v) is 13.5. The maximum Gasteiger partial charge on any atom is 0.276 e. The average molecular weight is 360 g/mol. The van der Waals surface area contributed by atoms with Crippen molar-refractivity contribution in [3.8, 4) is 0 Å². The van der Waals surface area contributed by atoms with Crippen LogP contribution >= 0.6 is 15.9 Å². The average Bonchev–Trinajstić information content (AvgIpc) is 2.83. The van der Waals surface area contributed by atoms with E-state index in [1.807, 2.05) is 6.07 Å². The lowest BCUT2D eigenvalue weighted by atomic mass is 9.98. The molecule has 1 aromatic carbocycles. The zero-order valence-electron chi connectivity index (χ0n) is 11.9. The van der Waals surface area contributed by atoms with E-state index in [-0.39, 0.29) is 12.3 Å². The van der Waals surface area contributed by atoms with Crippen molar-refractivity contribution >= 4 is 27.5 Å². The van der Waals surface area contributed by atoms with E-state index in [9.17, 15) is 9.90 Å². The van der Waals surface area contributed by atoms with Gasteiger partial charge in [-0.1, -0.05) is 22.0 Å². The third-order valence-electron chi connectivity index (χ3n) is 3.53. The third kappa shape index (κ3) is 2.55. The topological polar surface area (TPSA) is 65.8 Å². The second-order valence-corrected chi connectivity index (χ2v) is 6.11. The Balaban J connectivity index is 2.02. The Labute approximate surface area is 136 Å². The van der Waals surface area contributed by atoms with Crippen molar-refractivity contribution in [1.82, 2.24) is 9.99 Å². The van der Waals surface area contributed by atoms with E-state index >= 15 is 0 Å². The summed E-state index contributed by atoms with van der Waals surface area (Å²) in [5, 5.41) is 16.4. The number of hydrogen-bond donors (Lipinski definition) is 1. The Morgan fingerprint density at radius 1 is 1.32 bits per heavy atom.